The van der Waals surface area contributed by atoms with Crippen molar-refractivity contribution >= 4 is 49.4 Å². The number of aryl methyl sites for hydroxylation is 2. The molecule has 122 valence electrons. The van der Waals surface area contributed by atoms with Gasteiger partial charge in [0.15, 0.2) is 0 Å². The number of anilines is 1. The van der Waals surface area contributed by atoms with Crippen molar-refractivity contribution in [1.82, 2.24) is 0 Å². The first kappa shape index (κ1) is 15.6. The van der Waals surface area contributed by atoms with Gasteiger partial charge in [-0.2, -0.15) is 0 Å². The maximum atomic E-state index is 12.9. The fraction of sp³-hybridized carbons (Fsp3) is 0.529. The van der Waals surface area contributed by atoms with Gasteiger partial charge in [0.2, 0.25) is 5.91 Å². The Hall–Kier alpha value is -0.880. The lowest BCUT2D eigenvalue weighted by molar-refractivity contribution is -0.145. The molecule has 0 unspecified atom stereocenters. The molecule has 4 rings (SSSR count). The minimum atomic E-state index is -0.293. The van der Waals surface area contributed by atoms with Crippen molar-refractivity contribution in [1.29, 1.82) is 0 Å². The Bertz CT molecular complexity index is 720. The van der Waals surface area contributed by atoms with E-state index >= 15 is 0 Å². The smallest absolute Gasteiger partial charge is 0.310 e. The summed E-state index contributed by atoms with van der Waals surface area (Å²) in [6, 6.07) is 3.96. The number of amides is 1. The molecule has 1 aliphatic heterocycles. The second kappa shape index (κ2) is 5.31. The highest BCUT2D eigenvalue weighted by Gasteiger charge is 2.67. The average molecular weight is 443 g/mol. The van der Waals surface area contributed by atoms with Crippen LogP contribution >= 0.6 is 31.9 Å². The Kier molecular flexibility index (Phi) is 3.61. The number of esters is 1. The van der Waals surface area contributed by atoms with E-state index in [2.05, 4.69) is 37.2 Å². The molecular weight excluding hydrogens is 426 g/mol. The van der Waals surface area contributed by atoms with E-state index in [9.17, 15) is 9.59 Å². The monoisotopic (exact) mass is 441 g/mol. The number of alkyl halides is 1. The number of halogens is 2. The maximum absolute atomic E-state index is 12.9. The number of nitrogens with one attached hydrogen (secondary N) is 1. The molecule has 0 spiro atoms. The maximum Gasteiger partial charge on any atom is 0.310 e. The van der Waals surface area contributed by atoms with Crippen LogP contribution in [0.25, 0.3) is 0 Å². The summed E-state index contributed by atoms with van der Waals surface area (Å²) >= 11 is 7.14. The highest BCUT2D eigenvalue weighted by Crippen LogP contribution is 2.60. The predicted octanol–water partition coefficient (Wildman–Crippen LogP) is 3.58. The van der Waals surface area contributed by atoms with E-state index in [1.807, 2.05) is 26.0 Å². The van der Waals surface area contributed by atoms with E-state index in [-0.39, 0.29) is 46.5 Å². The van der Waals surface area contributed by atoms with Gasteiger partial charge in [0.25, 0.3) is 0 Å². The number of rotatable bonds is 2. The first-order valence-corrected chi connectivity index (χ1v) is 9.51. The van der Waals surface area contributed by atoms with Crippen LogP contribution in [0.3, 0.4) is 0 Å². The van der Waals surface area contributed by atoms with Gasteiger partial charge in [0, 0.05) is 16.1 Å². The van der Waals surface area contributed by atoms with Crippen LogP contribution in [-0.4, -0.2) is 22.8 Å². The van der Waals surface area contributed by atoms with E-state index in [1.54, 1.807) is 0 Å². The molecule has 1 saturated heterocycles. The number of carbonyl (C=O) groups is 2. The minimum Gasteiger partial charge on any atom is -0.461 e. The van der Waals surface area contributed by atoms with Crippen LogP contribution in [-0.2, 0) is 14.3 Å². The molecule has 3 aliphatic rings. The highest BCUT2D eigenvalue weighted by atomic mass is 79.9. The average Bonchev–Trinajstić information content (AvgIpc) is 3.08. The molecular formula is C17H17Br2NO3. The van der Waals surface area contributed by atoms with Crippen molar-refractivity contribution in [3.8, 4) is 0 Å². The summed E-state index contributed by atoms with van der Waals surface area (Å²) in [6.45, 7) is 3.96. The molecule has 3 fully saturated rings. The Balaban J connectivity index is 1.61. The fourth-order valence-electron chi connectivity index (χ4n) is 4.46. The van der Waals surface area contributed by atoms with Crippen LogP contribution in [0.15, 0.2) is 16.6 Å². The quantitative estimate of drug-likeness (QED) is 0.562. The van der Waals surface area contributed by atoms with Gasteiger partial charge in [0.05, 0.1) is 16.7 Å². The molecule has 6 atom stereocenters. The molecule has 1 N–H and O–H groups in total. The molecule has 1 aromatic rings. The summed E-state index contributed by atoms with van der Waals surface area (Å²) in [6.07, 6.45) is 0.853. The third kappa shape index (κ3) is 2.21. The zero-order chi connectivity index (χ0) is 16.5. The van der Waals surface area contributed by atoms with Gasteiger partial charge >= 0.3 is 5.97 Å². The molecule has 4 nitrogen and oxygen atoms in total. The van der Waals surface area contributed by atoms with Gasteiger partial charge in [-0.15, -0.1) is 0 Å². The van der Waals surface area contributed by atoms with Gasteiger partial charge in [-0.05, 0) is 49.4 Å². The third-order valence-corrected chi connectivity index (χ3v) is 7.64. The van der Waals surface area contributed by atoms with Crippen LogP contribution in [0.4, 0.5) is 5.69 Å². The predicted molar refractivity (Wildman–Crippen MR) is 93.4 cm³/mol. The van der Waals surface area contributed by atoms with Crippen LogP contribution in [0.5, 0.6) is 0 Å². The van der Waals surface area contributed by atoms with Gasteiger partial charge in [-0.1, -0.05) is 31.9 Å². The van der Waals surface area contributed by atoms with Crippen molar-refractivity contribution in [2.45, 2.75) is 31.2 Å². The number of benzene rings is 1. The fourth-order valence-corrected chi connectivity index (χ4v) is 5.96. The summed E-state index contributed by atoms with van der Waals surface area (Å²) in [7, 11) is 0. The highest BCUT2D eigenvalue weighted by molar-refractivity contribution is 9.10. The number of carbonyl (C=O) groups excluding carboxylic acids is 2. The lowest BCUT2D eigenvalue weighted by Crippen LogP contribution is -2.40. The number of fused-ring (bicyclic) bond motifs is 1. The Morgan fingerprint density at radius 3 is 2.74 bits per heavy atom. The molecule has 1 amide bonds. The summed E-state index contributed by atoms with van der Waals surface area (Å²) in [4.78, 5) is 25.1. The largest absolute Gasteiger partial charge is 0.461 e. The van der Waals surface area contributed by atoms with Gasteiger partial charge in [-0.3, -0.25) is 9.59 Å². The Labute approximate surface area is 151 Å². The number of hydrogen-bond donors (Lipinski definition) is 1. The van der Waals surface area contributed by atoms with Crippen LogP contribution in [0, 0.1) is 37.5 Å². The van der Waals surface area contributed by atoms with Crippen molar-refractivity contribution in [2.24, 2.45) is 23.7 Å². The molecule has 1 aromatic carbocycles. The van der Waals surface area contributed by atoms with E-state index < -0.39 is 0 Å². The molecule has 0 aromatic heterocycles. The van der Waals surface area contributed by atoms with Crippen molar-refractivity contribution in [3.63, 3.8) is 0 Å². The molecule has 2 saturated carbocycles. The molecule has 23 heavy (non-hydrogen) atoms. The molecule has 2 bridgehead atoms. The second-order valence-electron chi connectivity index (χ2n) is 6.87. The van der Waals surface area contributed by atoms with E-state index in [4.69, 9.17) is 4.74 Å². The molecule has 2 aliphatic carbocycles. The van der Waals surface area contributed by atoms with E-state index in [0.29, 0.717) is 0 Å². The third-order valence-electron chi connectivity index (χ3n) is 5.59. The number of hydrogen-bond acceptors (Lipinski definition) is 3. The first-order valence-electron chi connectivity index (χ1n) is 7.80. The van der Waals surface area contributed by atoms with Gasteiger partial charge in [-0.25, -0.2) is 0 Å². The van der Waals surface area contributed by atoms with Crippen molar-refractivity contribution in [3.05, 3.63) is 27.7 Å². The lowest BCUT2D eigenvalue weighted by atomic mass is 9.79. The topological polar surface area (TPSA) is 55.4 Å². The SMILES string of the molecule is Cc1cc(NC(=O)[C@H]2[C@H]3C[C@H]4[C@H](OC(=O)[C@@H]42)[C@@H]3Br)c(C)cc1Br. The van der Waals surface area contributed by atoms with Gasteiger partial charge < -0.3 is 10.1 Å². The summed E-state index contributed by atoms with van der Waals surface area (Å²) in [5, 5.41) is 3.04. The normalized spacial score (nSPS) is 37.1. The zero-order valence-corrected chi connectivity index (χ0v) is 16.0. The number of ether oxygens (including phenoxy) is 1. The zero-order valence-electron chi connectivity index (χ0n) is 12.8. The molecule has 1 heterocycles. The van der Waals surface area contributed by atoms with Gasteiger partial charge in [0.1, 0.15) is 6.10 Å². The van der Waals surface area contributed by atoms with Crippen LogP contribution in [0.1, 0.15) is 17.5 Å². The summed E-state index contributed by atoms with van der Waals surface area (Å²) in [5.41, 5.74) is 2.88. The first-order chi connectivity index (χ1) is 10.9. The second-order valence-corrected chi connectivity index (χ2v) is 8.78. The molecule has 6 heteroatoms. The van der Waals surface area contributed by atoms with Crippen LogP contribution < -0.4 is 5.32 Å². The minimum absolute atomic E-state index is 0.0433. The summed E-state index contributed by atoms with van der Waals surface area (Å²) < 4.78 is 6.49. The Morgan fingerprint density at radius 1 is 1.26 bits per heavy atom. The van der Waals surface area contributed by atoms with E-state index in [1.165, 1.54) is 0 Å². The standard InChI is InChI=1S/C17H17Br2NO3/c1-6-4-11(7(2)3-10(6)18)20-16(21)12-8-5-9-13(12)17(22)23-15(9)14(8)19/h3-4,8-9,12-15H,5H2,1-2H3,(H,20,21)/t8-,9-,12+,13+,14-,15+/m1/s1. The molecule has 0 radical (unpaired) electrons. The summed E-state index contributed by atoms with van der Waals surface area (Å²) in [5.74, 6) is -0.448. The van der Waals surface area contributed by atoms with Crippen molar-refractivity contribution < 1.29 is 14.3 Å². The van der Waals surface area contributed by atoms with Crippen molar-refractivity contribution in [2.75, 3.05) is 5.32 Å². The lowest BCUT2D eigenvalue weighted by Gasteiger charge is -2.27. The Morgan fingerprint density at radius 2 is 2.00 bits per heavy atom. The van der Waals surface area contributed by atoms with E-state index in [0.717, 1.165) is 27.7 Å². The van der Waals surface area contributed by atoms with Crippen LogP contribution in [0.2, 0.25) is 0 Å².